The third kappa shape index (κ3) is 2.66. The highest BCUT2D eigenvalue weighted by atomic mass is 16.5. The summed E-state index contributed by atoms with van der Waals surface area (Å²) < 4.78 is 5.27. The van der Waals surface area contributed by atoms with Gasteiger partial charge in [-0.05, 0) is 18.6 Å². The van der Waals surface area contributed by atoms with E-state index in [1.165, 1.54) is 0 Å². The number of methoxy groups -OCH3 is 1. The van der Waals surface area contributed by atoms with Gasteiger partial charge in [-0.25, -0.2) is 9.97 Å². The summed E-state index contributed by atoms with van der Waals surface area (Å²) in [6.07, 6.45) is 2.44. The summed E-state index contributed by atoms with van der Waals surface area (Å²) in [5, 5.41) is 3.11. The Bertz CT molecular complexity index is 586. The zero-order valence-corrected chi connectivity index (χ0v) is 12.3. The van der Waals surface area contributed by atoms with Gasteiger partial charge in [0.1, 0.15) is 23.7 Å². The van der Waals surface area contributed by atoms with Gasteiger partial charge >= 0.3 is 0 Å². The molecule has 0 aliphatic rings. The summed E-state index contributed by atoms with van der Waals surface area (Å²) in [5.41, 5.74) is 2.13. The molecule has 0 aliphatic heterocycles. The zero-order valence-electron chi connectivity index (χ0n) is 12.3. The predicted molar refractivity (Wildman–Crippen MR) is 82.0 cm³/mol. The number of rotatable bonds is 5. The average Bonchev–Trinajstić information content (AvgIpc) is 2.53. The Morgan fingerprint density at radius 1 is 1.30 bits per heavy atom. The van der Waals surface area contributed by atoms with Crippen LogP contribution in [-0.2, 0) is 6.42 Å². The van der Waals surface area contributed by atoms with Gasteiger partial charge in [-0.2, -0.15) is 0 Å². The van der Waals surface area contributed by atoms with Crippen LogP contribution in [-0.4, -0.2) is 31.2 Å². The van der Waals surface area contributed by atoms with Crippen LogP contribution in [0.5, 0.6) is 5.75 Å². The summed E-state index contributed by atoms with van der Waals surface area (Å²) in [4.78, 5) is 10.7. The fraction of sp³-hybridized carbons (Fsp3) is 0.333. The van der Waals surface area contributed by atoms with Crippen LogP contribution >= 0.6 is 0 Å². The molecule has 0 atom stereocenters. The molecular formula is C15H20N4O. The van der Waals surface area contributed by atoms with Crippen molar-refractivity contribution >= 4 is 17.3 Å². The van der Waals surface area contributed by atoms with Gasteiger partial charge < -0.3 is 15.0 Å². The fourth-order valence-electron chi connectivity index (χ4n) is 2.17. The van der Waals surface area contributed by atoms with Crippen LogP contribution in [0.4, 0.5) is 17.3 Å². The molecule has 1 aromatic carbocycles. The maximum atomic E-state index is 5.27. The summed E-state index contributed by atoms with van der Waals surface area (Å²) >= 11 is 0. The highest BCUT2D eigenvalue weighted by molar-refractivity contribution is 5.67. The molecule has 1 heterocycles. The van der Waals surface area contributed by atoms with Gasteiger partial charge in [-0.1, -0.05) is 13.0 Å². The lowest BCUT2D eigenvalue weighted by Crippen LogP contribution is -2.15. The Morgan fingerprint density at radius 2 is 2.10 bits per heavy atom. The van der Waals surface area contributed by atoms with Crippen molar-refractivity contribution in [1.29, 1.82) is 0 Å². The van der Waals surface area contributed by atoms with Gasteiger partial charge in [0.25, 0.3) is 0 Å². The SMILES string of the molecule is CCc1c(NC)ncnc1N(C)c1cccc(OC)c1. The van der Waals surface area contributed by atoms with Gasteiger partial charge in [0.15, 0.2) is 0 Å². The first-order chi connectivity index (χ1) is 9.71. The molecule has 0 bridgehead atoms. The molecule has 0 amide bonds. The first-order valence-corrected chi connectivity index (χ1v) is 6.60. The van der Waals surface area contributed by atoms with E-state index in [0.717, 1.165) is 35.1 Å². The monoisotopic (exact) mass is 272 g/mol. The van der Waals surface area contributed by atoms with Crippen LogP contribution in [0.25, 0.3) is 0 Å². The molecule has 20 heavy (non-hydrogen) atoms. The second kappa shape index (κ2) is 6.23. The minimum atomic E-state index is 0.829. The fourth-order valence-corrected chi connectivity index (χ4v) is 2.17. The van der Waals surface area contributed by atoms with Gasteiger partial charge in [0.2, 0.25) is 0 Å². The Balaban J connectivity index is 2.44. The standard InChI is InChI=1S/C15H20N4O/c1-5-13-14(16-2)17-10-18-15(13)19(3)11-7-6-8-12(9-11)20-4/h6-10H,5H2,1-4H3,(H,16,17,18). The van der Waals surface area contributed by atoms with Crippen molar-refractivity contribution in [2.75, 3.05) is 31.4 Å². The smallest absolute Gasteiger partial charge is 0.141 e. The molecule has 0 fully saturated rings. The van der Waals surface area contributed by atoms with E-state index in [-0.39, 0.29) is 0 Å². The van der Waals surface area contributed by atoms with Crippen molar-refractivity contribution in [2.45, 2.75) is 13.3 Å². The van der Waals surface area contributed by atoms with Crippen molar-refractivity contribution in [3.05, 3.63) is 36.2 Å². The Morgan fingerprint density at radius 3 is 2.75 bits per heavy atom. The number of benzene rings is 1. The maximum absolute atomic E-state index is 5.27. The second-order valence-electron chi connectivity index (χ2n) is 4.39. The topological polar surface area (TPSA) is 50.3 Å². The molecule has 0 unspecified atom stereocenters. The lowest BCUT2D eigenvalue weighted by Gasteiger charge is -2.22. The van der Waals surface area contributed by atoms with Crippen LogP contribution in [0.2, 0.25) is 0 Å². The molecule has 5 nitrogen and oxygen atoms in total. The molecule has 0 saturated carbocycles. The van der Waals surface area contributed by atoms with E-state index in [1.807, 2.05) is 43.3 Å². The van der Waals surface area contributed by atoms with E-state index in [2.05, 4.69) is 22.2 Å². The maximum Gasteiger partial charge on any atom is 0.141 e. The van der Waals surface area contributed by atoms with Gasteiger partial charge in [-0.3, -0.25) is 0 Å². The average molecular weight is 272 g/mol. The van der Waals surface area contributed by atoms with Crippen LogP contribution in [0.1, 0.15) is 12.5 Å². The Kier molecular flexibility index (Phi) is 4.40. The van der Waals surface area contributed by atoms with Gasteiger partial charge in [-0.15, -0.1) is 0 Å². The number of nitrogens with one attached hydrogen (secondary N) is 1. The van der Waals surface area contributed by atoms with E-state index in [9.17, 15) is 0 Å². The zero-order chi connectivity index (χ0) is 14.5. The van der Waals surface area contributed by atoms with E-state index in [0.29, 0.717) is 0 Å². The summed E-state index contributed by atoms with van der Waals surface area (Å²) in [6.45, 7) is 2.10. The molecule has 0 saturated heterocycles. The van der Waals surface area contributed by atoms with E-state index >= 15 is 0 Å². The minimum absolute atomic E-state index is 0.829. The number of ether oxygens (including phenoxy) is 1. The Labute approximate surface area is 119 Å². The third-order valence-corrected chi connectivity index (χ3v) is 3.27. The molecule has 0 spiro atoms. The lowest BCUT2D eigenvalue weighted by atomic mass is 10.2. The molecule has 0 radical (unpaired) electrons. The largest absolute Gasteiger partial charge is 0.497 e. The highest BCUT2D eigenvalue weighted by Gasteiger charge is 2.14. The van der Waals surface area contributed by atoms with E-state index in [4.69, 9.17) is 4.74 Å². The van der Waals surface area contributed by atoms with E-state index < -0.39 is 0 Å². The molecule has 106 valence electrons. The van der Waals surface area contributed by atoms with Gasteiger partial charge in [0.05, 0.1) is 7.11 Å². The normalized spacial score (nSPS) is 10.2. The Hall–Kier alpha value is -2.30. The summed E-state index contributed by atoms with van der Waals surface area (Å²) in [5.74, 6) is 2.60. The number of hydrogen-bond acceptors (Lipinski definition) is 5. The van der Waals surface area contributed by atoms with Crippen LogP contribution in [0.15, 0.2) is 30.6 Å². The first kappa shape index (κ1) is 14.1. The number of anilines is 3. The number of hydrogen-bond donors (Lipinski definition) is 1. The van der Waals surface area contributed by atoms with Crippen LogP contribution in [0.3, 0.4) is 0 Å². The van der Waals surface area contributed by atoms with Crippen molar-refractivity contribution in [3.63, 3.8) is 0 Å². The number of nitrogens with zero attached hydrogens (tertiary/aromatic N) is 3. The highest BCUT2D eigenvalue weighted by Crippen LogP contribution is 2.30. The van der Waals surface area contributed by atoms with Crippen molar-refractivity contribution in [1.82, 2.24) is 9.97 Å². The quantitative estimate of drug-likeness (QED) is 0.907. The van der Waals surface area contributed by atoms with Crippen LogP contribution < -0.4 is 15.0 Å². The second-order valence-corrected chi connectivity index (χ2v) is 4.39. The lowest BCUT2D eigenvalue weighted by molar-refractivity contribution is 0.415. The summed E-state index contributed by atoms with van der Waals surface area (Å²) in [6, 6.07) is 7.91. The molecule has 5 heteroatoms. The van der Waals surface area contributed by atoms with E-state index in [1.54, 1.807) is 13.4 Å². The first-order valence-electron chi connectivity index (χ1n) is 6.60. The minimum Gasteiger partial charge on any atom is -0.497 e. The molecule has 1 N–H and O–H groups in total. The molecular weight excluding hydrogens is 252 g/mol. The predicted octanol–water partition coefficient (Wildman–Crippen LogP) is 2.86. The van der Waals surface area contributed by atoms with Crippen molar-refractivity contribution < 1.29 is 4.74 Å². The third-order valence-electron chi connectivity index (χ3n) is 3.27. The molecule has 1 aromatic heterocycles. The van der Waals surface area contributed by atoms with Crippen molar-refractivity contribution in [2.24, 2.45) is 0 Å². The van der Waals surface area contributed by atoms with Gasteiger partial charge in [0, 0.05) is 31.4 Å². The van der Waals surface area contributed by atoms with Crippen molar-refractivity contribution in [3.8, 4) is 5.75 Å². The van der Waals surface area contributed by atoms with Crippen LogP contribution in [0, 0.1) is 0 Å². The number of aromatic nitrogens is 2. The molecule has 2 aromatic rings. The molecule has 2 rings (SSSR count). The summed E-state index contributed by atoms with van der Waals surface area (Å²) in [7, 11) is 5.53. The molecule has 0 aliphatic carbocycles.